The van der Waals surface area contributed by atoms with Crippen LogP contribution in [0.2, 0.25) is 0 Å². The molecule has 3 rings (SSSR count). The highest BCUT2D eigenvalue weighted by Gasteiger charge is 2.22. The summed E-state index contributed by atoms with van der Waals surface area (Å²) in [4.78, 5) is 30.6. The molecule has 1 saturated heterocycles. The molecule has 1 aliphatic heterocycles. The van der Waals surface area contributed by atoms with Gasteiger partial charge < -0.3 is 10.2 Å². The highest BCUT2D eigenvalue weighted by atomic mass is 32.2. The smallest absolute Gasteiger partial charge is 0.230 e. The van der Waals surface area contributed by atoms with Crippen LogP contribution in [0.5, 0.6) is 0 Å². The Morgan fingerprint density at radius 3 is 2.97 bits per heavy atom. The van der Waals surface area contributed by atoms with Crippen molar-refractivity contribution in [3.05, 3.63) is 30.4 Å². The number of aromatic nitrogens is 4. The van der Waals surface area contributed by atoms with E-state index in [1.165, 1.54) is 11.8 Å². The first kappa shape index (κ1) is 21.3. The van der Waals surface area contributed by atoms with Crippen molar-refractivity contribution in [3.8, 4) is 5.69 Å². The van der Waals surface area contributed by atoms with Crippen molar-refractivity contribution >= 4 is 23.6 Å². The molecule has 0 aromatic carbocycles. The Bertz CT molecular complexity index is 811. The lowest BCUT2D eigenvalue weighted by atomic mass is 10.2. The number of rotatable bonds is 9. The summed E-state index contributed by atoms with van der Waals surface area (Å²) < 4.78 is 1.90. The van der Waals surface area contributed by atoms with Gasteiger partial charge in [0, 0.05) is 25.7 Å². The van der Waals surface area contributed by atoms with Crippen LogP contribution < -0.4 is 5.32 Å². The fraction of sp³-hybridized carbons (Fsp3) is 0.550. The molecule has 0 saturated carbocycles. The summed E-state index contributed by atoms with van der Waals surface area (Å²) in [7, 11) is 0. The first-order valence-corrected chi connectivity index (χ1v) is 11.2. The van der Waals surface area contributed by atoms with Crippen LogP contribution in [0, 0.1) is 0 Å². The summed E-state index contributed by atoms with van der Waals surface area (Å²) in [5.74, 6) is 1.09. The zero-order valence-electron chi connectivity index (χ0n) is 16.8. The molecule has 29 heavy (non-hydrogen) atoms. The fourth-order valence-corrected chi connectivity index (χ4v) is 4.00. The minimum atomic E-state index is -0.0200. The van der Waals surface area contributed by atoms with Crippen LogP contribution in [0.15, 0.2) is 29.7 Å². The molecule has 1 N–H and O–H groups in total. The Morgan fingerprint density at radius 2 is 2.17 bits per heavy atom. The van der Waals surface area contributed by atoms with E-state index >= 15 is 0 Å². The Labute approximate surface area is 175 Å². The predicted octanol–water partition coefficient (Wildman–Crippen LogP) is 2.57. The molecule has 0 atom stereocenters. The summed E-state index contributed by atoms with van der Waals surface area (Å²) in [6, 6.07) is 3.78. The van der Waals surface area contributed by atoms with Gasteiger partial charge in [0.15, 0.2) is 11.0 Å². The molecule has 0 aliphatic carbocycles. The van der Waals surface area contributed by atoms with E-state index in [9.17, 15) is 9.59 Å². The van der Waals surface area contributed by atoms with Crippen LogP contribution in [0.4, 0.5) is 0 Å². The van der Waals surface area contributed by atoms with Gasteiger partial charge in [-0.2, -0.15) is 0 Å². The van der Waals surface area contributed by atoms with Gasteiger partial charge in [0.2, 0.25) is 11.8 Å². The maximum atomic E-state index is 12.4. The molecule has 0 unspecified atom stereocenters. The molecule has 2 aromatic heterocycles. The number of nitrogens with one attached hydrogen (secondary N) is 1. The minimum absolute atomic E-state index is 0.0200. The molecular weight excluding hydrogens is 388 g/mol. The molecule has 2 amide bonds. The first-order valence-electron chi connectivity index (χ1n) is 10.2. The highest BCUT2D eigenvalue weighted by Crippen LogP contribution is 2.23. The number of unbranched alkanes of at least 4 members (excludes halogenated alkanes) is 1. The molecule has 9 heteroatoms. The molecule has 8 nitrogen and oxygen atoms in total. The fourth-order valence-electron chi connectivity index (χ4n) is 3.20. The number of hydrogen-bond donors (Lipinski definition) is 1. The van der Waals surface area contributed by atoms with Crippen LogP contribution in [0.3, 0.4) is 0 Å². The van der Waals surface area contributed by atoms with Crippen LogP contribution in [-0.4, -0.2) is 55.3 Å². The lowest BCUT2D eigenvalue weighted by Crippen LogP contribution is -2.31. The number of carbonyl (C=O) groups excluding carboxylic acids is 2. The number of carbonyl (C=O) groups is 2. The van der Waals surface area contributed by atoms with E-state index < -0.39 is 0 Å². The van der Waals surface area contributed by atoms with Crippen molar-refractivity contribution in [2.75, 3.05) is 18.8 Å². The predicted molar refractivity (Wildman–Crippen MR) is 112 cm³/mol. The maximum absolute atomic E-state index is 12.4. The van der Waals surface area contributed by atoms with Crippen LogP contribution >= 0.6 is 11.8 Å². The molecule has 0 bridgehead atoms. The molecule has 1 aliphatic rings. The second-order valence-corrected chi connectivity index (χ2v) is 8.01. The van der Waals surface area contributed by atoms with E-state index in [-0.39, 0.29) is 17.6 Å². The number of pyridine rings is 1. The van der Waals surface area contributed by atoms with E-state index in [1.54, 1.807) is 12.4 Å². The van der Waals surface area contributed by atoms with Gasteiger partial charge in [-0.15, -0.1) is 10.2 Å². The van der Waals surface area contributed by atoms with Crippen LogP contribution in [-0.2, 0) is 16.1 Å². The number of thioether (sulfide) groups is 1. The van der Waals surface area contributed by atoms with Crippen molar-refractivity contribution < 1.29 is 9.59 Å². The van der Waals surface area contributed by atoms with Gasteiger partial charge in [-0.1, -0.05) is 31.5 Å². The lowest BCUT2D eigenvalue weighted by molar-refractivity contribution is -0.131. The lowest BCUT2D eigenvalue weighted by Gasteiger charge is -2.20. The number of hydrogen-bond acceptors (Lipinski definition) is 6. The SMILES string of the molecule is CCCCNC(=O)CSc1nnc(CN2CCCCCC2=O)n1-c1cccnc1. The van der Waals surface area contributed by atoms with Gasteiger partial charge in [0.25, 0.3) is 0 Å². The van der Waals surface area contributed by atoms with Crippen LogP contribution in [0.1, 0.15) is 51.3 Å². The zero-order valence-corrected chi connectivity index (χ0v) is 17.7. The number of nitrogens with zero attached hydrogens (tertiary/aromatic N) is 5. The Kier molecular flexibility index (Phi) is 8.03. The average molecular weight is 417 g/mol. The van der Waals surface area contributed by atoms with Gasteiger partial charge in [-0.3, -0.25) is 19.1 Å². The van der Waals surface area contributed by atoms with E-state index in [0.29, 0.717) is 30.5 Å². The molecule has 1 fully saturated rings. The van der Waals surface area contributed by atoms with Gasteiger partial charge in [-0.25, -0.2) is 0 Å². The van der Waals surface area contributed by atoms with Gasteiger partial charge >= 0.3 is 0 Å². The standard InChI is InChI=1S/C20H28N6O2S/c1-2-3-11-22-18(27)15-29-20-24-23-17(26(20)16-8-7-10-21-13-16)14-25-12-6-4-5-9-19(25)28/h7-8,10,13H,2-6,9,11-12,14-15H2,1H3,(H,22,27). The topological polar surface area (TPSA) is 93.0 Å². The summed E-state index contributed by atoms with van der Waals surface area (Å²) in [5.41, 5.74) is 0.823. The minimum Gasteiger partial charge on any atom is -0.355 e. The van der Waals surface area contributed by atoms with Gasteiger partial charge in [-0.05, 0) is 31.4 Å². The molecule has 3 heterocycles. The maximum Gasteiger partial charge on any atom is 0.230 e. The van der Waals surface area contributed by atoms with Crippen LogP contribution in [0.25, 0.3) is 5.69 Å². The summed E-state index contributed by atoms with van der Waals surface area (Å²) in [6.45, 7) is 3.92. The van der Waals surface area contributed by atoms with E-state index in [4.69, 9.17) is 0 Å². The zero-order chi connectivity index (χ0) is 20.5. The third-order valence-corrected chi connectivity index (χ3v) is 5.72. The van der Waals surface area contributed by atoms with Crippen molar-refractivity contribution in [3.63, 3.8) is 0 Å². The first-order chi connectivity index (χ1) is 14.2. The van der Waals surface area contributed by atoms with E-state index in [1.807, 2.05) is 21.6 Å². The average Bonchev–Trinajstić information content (AvgIpc) is 3.02. The van der Waals surface area contributed by atoms with Crippen molar-refractivity contribution in [1.29, 1.82) is 0 Å². The summed E-state index contributed by atoms with van der Waals surface area (Å²) in [6.07, 6.45) is 9.07. The number of likely N-dealkylation sites (tertiary alicyclic amines) is 1. The van der Waals surface area contributed by atoms with Gasteiger partial charge in [0.1, 0.15) is 0 Å². The number of amides is 2. The quantitative estimate of drug-likeness (QED) is 0.499. The Morgan fingerprint density at radius 1 is 1.28 bits per heavy atom. The second kappa shape index (κ2) is 10.9. The normalized spacial score (nSPS) is 14.7. The van der Waals surface area contributed by atoms with E-state index in [0.717, 1.165) is 44.3 Å². The van der Waals surface area contributed by atoms with Gasteiger partial charge in [0.05, 0.1) is 24.2 Å². The van der Waals surface area contributed by atoms with Crippen molar-refractivity contribution in [1.82, 2.24) is 30.0 Å². The molecule has 0 radical (unpaired) electrons. The monoisotopic (exact) mass is 416 g/mol. The second-order valence-electron chi connectivity index (χ2n) is 7.06. The molecular formula is C20H28N6O2S. The third-order valence-electron chi connectivity index (χ3n) is 4.79. The molecule has 0 spiro atoms. The molecule has 2 aromatic rings. The summed E-state index contributed by atoms with van der Waals surface area (Å²) in [5, 5.41) is 12.2. The molecule has 156 valence electrons. The Balaban J connectivity index is 1.76. The van der Waals surface area contributed by atoms with Crippen molar-refractivity contribution in [2.24, 2.45) is 0 Å². The summed E-state index contributed by atoms with van der Waals surface area (Å²) >= 11 is 1.34. The Hall–Kier alpha value is -2.42. The third kappa shape index (κ3) is 6.03. The highest BCUT2D eigenvalue weighted by molar-refractivity contribution is 7.99. The van der Waals surface area contributed by atoms with Crippen molar-refractivity contribution in [2.45, 2.75) is 57.1 Å². The largest absolute Gasteiger partial charge is 0.355 e. The van der Waals surface area contributed by atoms with E-state index in [2.05, 4.69) is 27.4 Å².